The Kier molecular flexibility index (Phi) is 4.06. The van der Waals surface area contributed by atoms with Gasteiger partial charge in [-0.25, -0.2) is 0 Å². The third kappa shape index (κ3) is 3.25. The molecule has 0 spiro atoms. The fourth-order valence-corrected chi connectivity index (χ4v) is 1.28. The molecule has 0 saturated carbocycles. The van der Waals surface area contributed by atoms with Gasteiger partial charge in [-0.05, 0) is 37.2 Å². The average molecular weight is 199 g/mol. The van der Waals surface area contributed by atoms with Crippen molar-refractivity contribution in [1.29, 1.82) is 0 Å². The topological polar surface area (TPSA) is 29.3 Å². The van der Waals surface area contributed by atoms with Gasteiger partial charge in [-0.15, -0.1) is 0 Å². The second-order valence-electron chi connectivity index (χ2n) is 3.04. The minimum absolute atomic E-state index is 0.734. The number of nitrogens with two attached hydrogens (primary N) is 1. The van der Waals surface area contributed by atoms with Crippen LogP contribution in [0, 0.1) is 0 Å². The Morgan fingerprint density at radius 2 is 1.92 bits per heavy atom. The van der Waals surface area contributed by atoms with Crippen LogP contribution in [0.25, 0.3) is 0 Å². The van der Waals surface area contributed by atoms with Gasteiger partial charge in [0.1, 0.15) is 0 Å². The van der Waals surface area contributed by atoms with E-state index in [9.17, 15) is 0 Å². The van der Waals surface area contributed by atoms with Gasteiger partial charge in [0.15, 0.2) is 0 Å². The molecule has 0 amide bonds. The van der Waals surface area contributed by atoms with E-state index in [1.54, 1.807) is 0 Å². The summed E-state index contributed by atoms with van der Waals surface area (Å²) in [4.78, 5) is 2.17. The highest BCUT2D eigenvalue weighted by Gasteiger charge is 1.98. The van der Waals surface area contributed by atoms with Crippen molar-refractivity contribution >= 4 is 17.3 Å². The molecule has 1 aromatic carbocycles. The van der Waals surface area contributed by atoms with Gasteiger partial charge < -0.3 is 10.6 Å². The van der Waals surface area contributed by atoms with E-state index >= 15 is 0 Å². The van der Waals surface area contributed by atoms with E-state index in [-0.39, 0.29) is 0 Å². The lowest BCUT2D eigenvalue weighted by molar-refractivity contribution is 0.796. The van der Waals surface area contributed by atoms with Crippen molar-refractivity contribution in [3.8, 4) is 0 Å². The molecule has 0 aromatic heterocycles. The predicted octanol–water partition coefficient (Wildman–Crippen LogP) is 2.12. The Labute approximate surface area is 84.3 Å². The summed E-state index contributed by atoms with van der Waals surface area (Å²) >= 11 is 5.78. The fourth-order valence-electron chi connectivity index (χ4n) is 1.15. The van der Waals surface area contributed by atoms with Crippen LogP contribution in [0.15, 0.2) is 24.3 Å². The standard InChI is InChI=1S/C10H15ClN2/c1-13(8-2-7-12)10-5-3-9(11)4-6-10/h3-6H,2,7-8,12H2,1H3. The Morgan fingerprint density at radius 3 is 2.46 bits per heavy atom. The molecule has 0 aliphatic carbocycles. The van der Waals surface area contributed by atoms with Gasteiger partial charge in [0, 0.05) is 24.3 Å². The molecule has 0 saturated heterocycles. The molecule has 3 heteroatoms. The zero-order valence-electron chi connectivity index (χ0n) is 7.83. The minimum Gasteiger partial charge on any atom is -0.375 e. The molecule has 0 unspecified atom stereocenters. The summed E-state index contributed by atoms with van der Waals surface area (Å²) in [7, 11) is 2.05. The van der Waals surface area contributed by atoms with Crippen LogP contribution in [0.1, 0.15) is 6.42 Å². The maximum absolute atomic E-state index is 5.78. The lowest BCUT2D eigenvalue weighted by atomic mass is 10.3. The highest BCUT2D eigenvalue weighted by molar-refractivity contribution is 6.30. The van der Waals surface area contributed by atoms with Gasteiger partial charge in [0.25, 0.3) is 0 Å². The quantitative estimate of drug-likeness (QED) is 0.803. The second kappa shape index (κ2) is 5.10. The first-order valence-corrected chi connectivity index (χ1v) is 4.78. The lowest BCUT2D eigenvalue weighted by Gasteiger charge is -2.18. The number of nitrogens with zero attached hydrogens (tertiary/aromatic N) is 1. The van der Waals surface area contributed by atoms with Gasteiger partial charge in [0.05, 0.1) is 0 Å². The lowest BCUT2D eigenvalue weighted by Crippen LogP contribution is -2.20. The Balaban J connectivity index is 2.55. The maximum atomic E-state index is 5.78. The van der Waals surface area contributed by atoms with Crippen molar-refractivity contribution in [3.05, 3.63) is 29.3 Å². The summed E-state index contributed by atoms with van der Waals surface area (Å²) in [6.07, 6.45) is 1.01. The van der Waals surface area contributed by atoms with Crippen molar-refractivity contribution < 1.29 is 0 Å². The predicted molar refractivity (Wildman–Crippen MR) is 58.4 cm³/mol. The van der Waals surface area contributed by atoms with Crippen LogP contribution in [-0.2, 0) is 0 Å². The molecule has 0 bridgehead atoms. The minimum atomic E-state index is 0.734. The van der Waals surface area contributed by atoms with Gasteiger partial charge in [-0.3, -0.25) is 0 Å². The molecule has 2 N–H and O–H groups in total. The summed E-state index contributed by atoms with van der Waals surface area (Å²) in [5, 5.41) is 0.774. The molecule has 13 heavy (non-hydrogen) atoms. The molecular weight excluding hydrogens is 184 g/mol. The van der Waals surface area contributed by atoms with Crippen LogP contribution < -0.4 is 10.6 Å². The molecule has 1 rings (SSSR count). The average Bonchev–Trinajstić information content (AvgIpc) is 2.15. The monoisotopic (exact) mass is 198 g/mol. The fraction of sp³-hybridized carbons (Fsp3) is 0.400. The van der Waals surface area contributed by atoms with Gasteiger partial charge >= 0.3 is 0 Å². The Morgan fingerprint density at radius 1 is 1.31 bits per heavy atom. The van der Waals surface area contributed by atoms with Crippen LogP contribution >= 0.6 is 11.6 Å². The highest BCUT2D eigenvalue weighted by Crippen LogP contribution is 2.16. The van der Waals surface area contributed by atoms with Crippen molar-refractivity contribution in [2.45, 2.75) is 6.42 Å². The van der Waals surface area contributed by atoms with Gasteiger partial charge in [-0.1, -0.05) is 11.6 Å². The molecular formula is C10H15ClN2. The zero-order chi connectivity index (χ0) is 9.68. The van der Waals surface area contributed by atoms with E-state index in [2.05, 4.69) is 11.9 Å². The first kappa shape index (κ1) is 10.4. The van der Waals surface area contributed by atoms with Crippen molar-refractivity contribution in [1.82, 2.24) is 0 Å². The maximum Gasteiger partial charge on any atom is 0.0407 e. The van der Waals surface area contributed by atoms with Crippen LogP contribution in [0.2, 0.25) is 5.02 Å². The number of anilines is 1. The first-order chi connectivity index (χ1) is 6.24. The van der Waals surface area contributed by atoms with Crippen LogP contribution in [-0.4, -0.2) is 20.1 Å². The number of rotatable bonds is 4. The SMILES string of the molecule is CN(CCCN)c1ccc(Cl)cc1. The van der Waals surface area contributed by atoms with E-state index < -0.39 is 0 Å². The largest absolute Gasteiger partial charge is 0.375 e. The number of benzene rings is 1. The molecule has 2 nitrogen and oxygen atoms in total. The van der Waals surface area contributed by atoms with Crippen LogP contribution in [0.3, 0.4) is 0 Å². The summed E-state index contributed by atoms with van der Waals surface area (Å²) < 4.78 is 0. The van der Waals surface area contributed by atoms with Gasteiger partial charge in [0.2, 0.25) is 0 Å². The molecule has 72 valence electrons. The Bertz CT molecular complexity index is 246. The van der Waals surface area contributed by atoms with E-state index in [0.29, 0.717) is 0 Å². The van der Waals surface area contributed by atoms with E-state index in [1.807, 2.05) is 24.3 Å². The third-order valence-electron chi connectivity index (χ3n) is 1.97. The number of hydrogen-bond donors (Lipinski definition) is 1. The van der Waals surface area contributed by atoms with Crippen LogP contribution in [0.4, 0.5) is 5.69 Å². The summed E-state index contributed by atoms with van der Waals surface area (Å²) in [6, 6.07) is 7.82. The van der Waals surface area contributed by atoms with E-state index in [4.69, 9.17) is 17.3 Å². The summed E-state index contributed by atoms with van der Waals surface area (Å²) in [5.74, 6) is 0. The van der Waals surface area contributed by atoms with Crippen LogP contribution in [0.5, 0.6) is 0 Å². The Hall–Kier alpha value is -0.730. The van der Waals surface area contributed by atoms with Crippen molar-refractivity contribution in [2.75, 3.05) is 25.0 Å². The van der Waals surface area contributed by atoms with Crippen molar-refractivity contribution in [2.24, 2.45) is 5.73 Å². The summed E-state index contributed by atoms with van der Waals surface area (Å²) in [5.41, 5.74) is 6.61. The smallest absolute Gasteiger partial charge is 0.0407 e. The number of hydrogen-bond acceptors (Lipinski definition) is 2. The normalized spacial score (nSPS) is 10.1. The zero-order valence-corrected chi connectivity index (χ0v) is 8.59. The molecule has 0 aliphatic rings. The molecule has 0 heterocycles. The molecule has 0 radical (unpaired) electrons. The highest BCUT2D eigenvalue weighted by atomic mass is 35.5. The third-order valence-corrected chi connectivity index (χ3v) is 2.22. The van der Waals surface area contributed by atoms with E-state index in [1.165, 1.54) is 5.69 Å². The molecule has 0 atom stereocenters. The van der Waals surface area contributed by atoms with Crippen molar-refractivity contribution in [3.63, 3.8) is 0 Å². The van der Waals surface area contributed by atoms with Gasteiger partial charge in [-0.2, -0.15) is 0 Å². The summed E-state index contributed by atoms with van der Waals surface area (Å²) in [6.45, 7) is 1.72. The molecule has 0 fully saturated rings. The molecule has 0 aliphatic heterocycles. The molecule has 1 aromatic rings. The first-order valence-electron chi connectivity index (χ1n) is 4.41. The van der Waals surface area contributed by atoms with E-state index in [0.717, 1.165) is 24.5 Å². The second-order valence-corrected chi connectivity index (χ2v) is 3.48. The number of halogens is 1.